The maximum Gasteiger partial charge on any atom is 0.305 e. The fourth-order valence-electron chi connectivity index (χ4n) is 2.68. The van der Waals surface area contributed by atoms with Gasteiger partial charge in [0.15, 0.2) is 0 Å². The minimum absolute atomic E-state index is 0.0969. The van der Waals surface area contributed by atoms with Gasteiger partial charge in [0.05, 0.1) is 13.5 Å². The maximum atomic E-state index is 11.4. The van der Waals surface area contributed by atoms with Crippen LogP contribution in [-0.4, -0.2) is 23.5 Å². The minimum atomic E-state index is -1.03. The van der Waals surface area contributed by atoms with Crippen LogP contribution in [0.15, 0.2) is 24.3 Å². The lowest BCUT2D eigenvalue weighted by Gasteiger charge is -2.30. The van der Waals surface area contributed by atoms with Crippen molar-refractivity contribution >= 4 is 5.97 Å². The lowest BCUT2D eigenvalue weighted by molar-refractivity contribution is -0.573. The predicted octanol–water partition coefficient (Wildman–Crippen LogP) is 2.14. The van der Waals surface area contributed by atoms with Crippen molar-refractivity contribution in [2.45, 2.75) is 37.6 Å². The summed E-state index contributed by atoms with van der Waals surface area (Å²) >= 11 is 0. The Kier molecular flexibility index (Phi) is 3.83. The van der Waals surface area contributed by atoms with Gasteiger partial charge in [-0.15, -0.1) is 0 Å². The molecule has 0 radical (unpaired) electrons. The number of carbonyl (C=O) groups is 1. The summed E-state index contributed by atoms with van der Waals surface area (Å²) in [5.74, 6) is -0.389. The molecule has 19 heavy (non-hydrogen) atoms. The number of nitro groups is 1. The van der Waals surface area contributed by atoms with Crippen LogP contribution in [0, 0.1) is 10.1 Å². The molecule has 0 amide bonds. The minimum Gasteiger partial charge on any atom is -0.469 e. The molecule has 102 valence electrons. The Hall–Kier alpha value is -1.91. The van der Waals surface area contributed by atoms with Gasteiger partial charge in [0.1, 0.15) is 0 Å². The highest BCUT2D eigenvalue weighted by Crippen LogP contribution is 2.34. The van der Waals surface area contributed by atoms with Crippen LogP contribution in [0.4, 0.5) is 0 Å². The number of benzene rings is 1. The van der Waals surface area contributed by atoms with Crippen molar-refractivity contribution in [2.75, 3.05) is 7.11 Å². The van der Waals surface area contributed by atoms with Crippen LogP contribution in [-0.2, 0) is 22.4 Å². The van der Waals surface area contributed by atoms with Crippen LogP contribution in [0.1, 0.15) is 30.4 Å². The van der Waals surface area contributed by atoms with Crippen LogP contribution in [0.5, 0.6) is 0 Å². The number of rotatable bonds is 4. The van der Waals surface area contributed by atoms with Gasteiger partial charge in [-0.2, -0.15) is 0 Å². The molecule has 1 aliphatic rings. The van der Waals surface area contributed by atoms with Gasteiger partial charge in [-0.3, -0.25) is 14.9 Å². The Bertz CT molecular complexity index is 500. The molecular weight excluding hydrogens is 246 g/mol. The number of ether oxygens (including phenoxy) is 1. The van der Waals surface area contributed by atoms with E-state index in [0.717, 1.165) is 5.56 Å². The highest BCUT2D eigenvalue weighted by atomic mass is 16.6. The highest BCUT2D eigenvalue weighted by Gasteiger charge is 2.45. The summed E-state index contributed by atoms with van der Waals surface area (Å²) in [6.45, 7) is 0. The first kappa shape index (κ1) is 13.5. The van der Waals surface area contributed by atoms with Crippen LogP contribution < -0.4 is 0 Å². The molecule has 0 aliphatic heterocycles. The fourth-order valence-corrected chi connectivity index (χ4v) is 2.68. The van der Waals surface area contributed by atoms with Crippen molar-refractivity contribution in [2.24, 2.45) is 0 Å². The van der Waals surface area contributed by atoms with Crippen molar-refractivity contribution in [3.8, 4) is 0 Å². The summed E-state index contributed by atoms with van der Waals surface area (Å²) in [6.07, 6.45) is 1.90. The molecule has 1 atom stereocenters. The number of fused-ring (bicyclic) bond motifs is 1. The summed E-state index contributed by atoms with van der Waals surface area (Å²) in [5.41, 5.74) is 1.18. The number of hydrogen-bond donors (Lipinski definition) is 0. The fraction of sp³-hybridized carbons (Fsp3) is 0.500. The van der Waals surface area contributed by atoms with E-state index in [0.29, 0.717) is 19.3 Å². The van der Waals surface area contributed by atoms with Crippen molar-refractivity contribution < 1.29 is 14.5 Å². The molecule has 1 aliphatic carbocycles. The average Bonchev–Trinajstić information content (AvgIpc) is 2.44. The molecule has 0 saturated heterocycles. The Balaban J connectivity index is 2.19. The Morgan fingerprint density at radius 1 is 1.42 bits per heavy atom. The summed E-state index contributed by atoms with van der Waals surface area (Å²) in [7, 11) is 1.30. The third-order valence-corrected chi connectivity index (χ3v) is 3.91. The number of esters is 1. The topological polar surface area (TPSA) is 69.4 Å². The molecule has 0 heterocycles. The summed E-state index contributed by atoms with van der Waals surface area (Å²) in [4.78, 5) is 22.4. The molecule has 0 bridgehead atoms. The van der Waals surface area contributed by atoms with E-state index in [2.05, 4.69) is 4.74 Å². The monoisotopic (exact) mass is 263 g/mol. The average molecular weight is 263 g/mol. The lowest BCUT2D eigenvalue weighted by atomic mass is 9.76. The standard InChI is InChI=1S/C14H17NO4/c1-19-13(16)7-9-14(15(17)18)8-6-11-4-2-3-5-12(11)10-14/h2-5H,6-10H2,1H3/t14-/m1/s1. The van der Waals surface area contributed by atoms with Crippen LogP contribution >= 0.6 is 0 Å². The van der Waals surface area contributed by atoms with E-state index in [1.54, 1.807) is 0 Å². The van der Waals surface area contributed by atoms with E-state index < -0.39 is 5.54 Å². The zero-order valence-electron chi connectivity index (χ0n) is 10.9. The van der Waals surface area contributed by atoms with Crippen molar-refractivity contribution in [1.82, 2.24) is 0 Å². The normalized spacial score (nSPS) is 21.5. The van der Waals surface area contributed by atoms with E-state index >= 15 is 0 Å². The highest BCUT2D eigenvalue weighted by molar-refractivity contribution is 5.69. The Morgan fingerprint density at radius 3 is 2.74 bits per heavy atom. The van der Waals surface area contributed by atoms with Gasteiger partial charge in [-0.05, 0) is 17.5 Å². The van der Waals surface area contributed by atoms with Gasteiger partial charge in [0.2, 0.25) is 5.54 Å². The smallest absolute Gasteiger partial charge is 0.305 e. The van der Waals surface area contributed by atoms with E-state index in [-0.39, 0.29) is 23.7 Å². The molecule has 0 fully saturated rings. The van der Waals surface area contributed by atoms with Gasteiger partial charge in [0, 0.05) is 24.2 Å². The molecule has 1 aromatic carbocycles. The molecule has 2 rings (SSSR count). The first-order chi connectivity index (χ1) is 9.07. The molecule has 0 aromatic heterocycles. The van der Waals surface area contributed by atoms with Crippen molar-refractivity contribution in [3.05, 3.63) is 45.5 Å². The molecule has 0 spiro atoms. The van der Waals surface area contributed by atoms with E-state index in [9.17, 15) is 14.9 Å². The SMILES string of the molecule is COC(=O)CC[C@]1([N+](=O)[O-])CCc2ccccc2C1. The van der Waals surface area contributed by atoms with Gasteiger partial charge in [-0.25, -0.2) is 0 Å². The zero-order valence-corrected chi connectivity index (χ0v) is 10.9. The Morgan fingerprint density at radius 2 is 2.11 bits per heavy atom. The van der Waals surface area contributed by atoms with Crippen LogP contribution in [0.25, 0.3) is 0 Å². The number of hydrogen-bond acceptors (Lipinski definition) is 4. The third kappa shape index (κ3) is 2.75. The van der Waals surface area contributed by atoms with Crippen molar-refractivity contribution in [1.29, 1.82) is 0 Å². The summed E-state index contributed by atoms with van der Waals surface area (Å²) < 4.78 is 4.57. The Labute approximate surface area is 111 Å². The van der Waals surface area contributed by atoms with Gasteiger partial charge in [-0.1, -0.05) is 24.3 Å². The van der Waals surface area contributed by atoms with E-state index in [4.69, 9.17) is 0 Å². The predicted molar refractivity (Wildman–Crippen MR) is 69.4 cm³/mol. The molecule has 0 N–H and O–H groups in total. The molecule has 1 aromatic rings. The lowest BCUT2D eigenvalue weighted by Crippen LogP contribution is -2.44. The first-order valence-corrected chi connectivity index (χ1v) is 6.35. The van der Waals surface area contributed by atoms with Gasteiger partial charge < -0.3 is 4.74 Å². The van der Waals surface area contributed by atoms with Crippen LogP contribution in [0.2, 0.25) is 0 Å². The van der Waals surface area contributed by atoms with Gasteiger partial charge in [0.25, 0.3) is 0 Å². The number of methoxy groups -OCH3 is 1. The molecule has 0 saturated carbocycles. The number of aryl methyl sites for hydroxylation is 1. The first-order valence-electron chi connectivity index (χ1n) is 6.35. The maximum absolute atomic E-state index is 11.4. The summed E-state index contributed by atoms with van der Waals surface area (Å²) in [6, 6.07) is 7.80. The number of nitrogens with zero attached hydrogens (tertiary/aromatic N) is 1. The molecule has 5 heteroatoms. The van der Waals surface area contributed by atoms with E-state index in [1.807, 2.05) is 24.3 Å². The van der Waals surface area contributed by atoms with Gasteiger partial charge >= 0.3 is 5.97 Å². The molecule has 0 unspecified atom stereocenters. The molecule has 5 nitrogen and oxygen atoms in total. The largest absolute Gasteiger partial charge is 0.469 e. The second-order valence-electron chi connectivity index (χ2n) is 5.00. The quantitative estimate of drug-likeness (QED) is 0.474. The van der Waals surface area contributed by atoms with E-state index in [1.165, 1.54) is 12.7 Å². The second-order valence-corrected chi connectivity index (χ2v) is 5.00. The summed E-state index contributed by atoms with van der Waals surface area (Å²) in [5, 5.41) is 11.4. The van der Waals surface area contributed by atoms with Crippen LogP contribution in [0.3, 0.4) is 0 Å². The molecular formula is C14H17NO4. The second kappa shape index (κ2) is 5.38. The van der Waals surface area contributed by atoms with Crippen molar-refractivity contribution in [3.63, 3.8) is 0 Å². The third-order valence-electron chi connectivity index (χ3n) is 3.91. The number of carbonyl (C=O) groups excluding carboxylic acids is 1. The zero-order chi connectivity index (χ0) is 13.9.